The van der Waals surface area contributed by atoms with Crippen molar-refractivity contribution in [3.8, 4) is 11.1 Å². The van der Waals surface area contributed by atoms with Crippen LogP contribution in [-0.2, 0) is 0 Å². The summed E-state index contributed by atoms with van der Waals surface area (Å²) in [5.74, 6) is 0.804. The molecule has 1 aliphatic rings. The molecular formula is C53H38N4O. The van der Waals surface area contributed by atoms with Crippen LogP contribution in [0, 0.1) is 0 Å². The van der Waals surface area contributed by atoms with Gasteiger partial charge in [0.05, 0.1) is 0 Å². The van der Waals surface area contributed by atoms with Gasteiger partial charge in [-0.15, -0.1) is 0 Å². The number of para-hydroxylation sites is 1. The molecule has 0 bridgehead atoms. The molecule has 0 fully saturated rings. The maximum atomic E-state index is 6.89. The van der Waals surface area contributed by atoms with Gasteiger partial charge in [-0.05, 0) is 93.0 Å². The van der Waals surface area contributed by atoms with Crippen molar-refractivity contribution in [2.24, 2.45) is 4.99 Å². The molecule has 10 aromatic rings. The Labute approximate surface area is 336 Å². The SMILES string of the molecule is c1ccc(C2N=C(c3cc(-c4ccc(N(c5ccccc5)c5ccc6ccccc6c5)cc4)c4c(c3)oc3c5ccccc5ccc34)NC(c3ccccc3)N2)cc1. The van der Waals surface area contributed by atoms with Gasteiger partial charge in [-0.2, -0.15) is 0 Å². The topological polar surface area (TPSA) is 52.8 Å². The maximum absolute atomic E-state index is 6.89. The minimum Gasteiger partial charge on any atom is -0.455 e. The van der Waals surface area contributed by atoms with E-state index in [2.05, 4.69) is 210 Å². The van der Waals surface area contributed by atoms with Gasteiger partial charge in [0.15, 0.2) is 0 Å². The van der Waals surface area contributed by atoms with Crippen molar-refractivity contribution in [2.75, 3.05) is 4.90 Å². The molecule has 0 aliphatic carbocycles. The Morgan fingerprint density at radius 1 is 0.466 bits per heavy atom. The lowest BCUT2D eigenvalue weighted by atomic mass is 9.95. The second-order valence-corrected chi connectivity index (χ2v) is 14.9. The molecule has 0 radical (unpaired) electrons. The molecule has 5 heteroatoms. The summed E-state index contributed by atoms with van der Waals surface area (Å²) in [6.45, 7) is 0. The summed E-state index contributed by atoms with van der Waals surface area (Å²) in [5, 5.41) is 14.3. The van der Waals surface area contributed by atoms with Gasteiger partial charge in [-0.1, -0.05) is 152 Å². The van der Waals surface area contributed by atoms with E-state index in [-0.39, 0.29) is 12.3 Å². The molecule has 0 saturated heterocycles. The zero-order valence-corrected chi connectivity index (χ0v) is 31.6. The Morgan fingerprint density at radius 2 is 1.09 bits per heavy atom. The number of hydrogen-bond donors (Lipinski definition) is 2. The van der Waals surface area contributed by atoms with Gasteiger partial charge in [-0.25, -0.2) is 4.99 Å². The lowest BCUT2D eigenvalue weighted by Gasteiger charge is -2.32. The van der Waals surface area contributed by atoms with E-state index < -0.39 is 0 Å². The second kappa shape index (κ2) is 14.2. The number of furan rings is 1. The van der Waals surface area contributed by atoms with Crippen LogP contribution < -0.4 is 15.5 Å². The Morgan fingerprint density at radius 3 is 1.86 bits per heavy atom. The van der Waals surface area contributed by atoms with Crippen LogP contribution in [0.4, 0.5) is 17.1 Å². The molecule has 1 aromatic heterocycles. The molecule has 0 amide bonds. The van der Waals surface area contributed by atoms with E-state index in [9.17, 15) is 0 Å². The average Bonchev–Trinajstić information content (AvgIpc) is 3.69. The molecule has 2 N–H and O–H groups in total. The number of amidine groups is 1. The molecular weight excluding hydrogens is 709 g/mol. The van der Waals surface area contributed by atoms with E-state index in [1.54, 1.807) is 0 Å². The normalized spacial score (nSPS) is 15.4. The minimum absolute atomic E-state index is 0.156. The van der Waals surface area contributed by atoms with Crippen LogP contribution in [0.25, 0.3) is 54.6 Å². The number of fused-ring (bicyclic) bond motifs is 6. The fourth-order valence-electron chi connectivity index (χ4n) is 8.46. The zero-order chi connectivity index (χ0) is 38.4. The van der Waals surface area contributed by atoms with Crippen LogP contribution in [0.1, 0.15) is 29.0 Å². The number of benzene rings is 9. The van der Waals surface area contributed by atoms with Crippen LogP contribution in [-0.4, -0.2) is 5.84 Å². The molecule has 11 rings (SSSR count). The molecule has 1 aliphatic heterocycles. The first kappa shape index (κ1) is 33.8. The van der Waals surface area contributed by atoms with Crippen molar-refractivity contribution >= 4 is 66.4 Å². The summed E-state index contributed by atoms with van der Waals surface area (Å²) in [6, 6.07) is 72.9. The molecule has 58 heavy (non-hydrogen) atoms. The number of nitrogens with zero attached hydrogens (tertiary/aromatic N) is 2. The highest BCUT2D eigenvalue weighted by atomic mass is 16.3. The second-order valence-electron chi connectivity index (χ2n) is 14.9. The van der Waals surface area contributed by atoms with E-state index >= 15 is 0 Å². The summed E-state index contributed by atoms with van der Waals surface area (Å²) in [6.07, 6.45) is -0.407. The van der Waals surface area contributed by atoms with Crippen molar-refractivity contribution in [2.45, 2.75) is 12.3 Å². The third-order valence-electron chi connectivity index (χ3n) is 11.3. The van der Waals surface area contributed by atoms with Crippen molar-refractivity contribution in [1.82, 2.24) is 10.6 Å². The third kappa shape index (κ3) is 6.06. The summed E-state index contributed by atoms with van der Waals surface area (Å²) in [4.78, 5) is 7.64. The zero-order valence-electron chi connectivity index (χ0n) is 31.6. The van der Waals surface area contributed by atoms with Crippen molar-refractivity contribution in [1.29, 1.82) is 0 Å². The number of rotatable bonds is 7. The predicted octanol–water partition coefficient (Wildman–Crippen LogP) is 13.4. The fourth-order valence-corrected chi connectivity index (χ4v) is 8.46. The average molecular weight is 747 g/mol. The fraction of sp³-hybridized carbons (Fsp3) is 0.0377. The molecule has 0 saturated carbocycles. The van der Waals surface area contributed by atoms with Crippen LogP contribution in [0.3, 0.4) is 0 Å². The standard InChI is InChI=1S/C53H38N4O/c1-4-16-38(17-5-1)51-54-52(39-18-6-2-7-19-39)56-53(55-51)41-33-47(49-46-31-27-36-15-12-13-23-45(36)50(46)58-48(49)34-41)37-25-28-43(29-26-37)57(42-21-8-3-9-22-42)44-30-24-35-14-10-11-20-40(35)32-44/h1-34,51-52,54H,(H,55,56). The van der Waals surface area contributed by atoms with E-state index in [4.69, 9.17) is 9.41 Å². The first-order chi connectivity index (χ1) is 28.7. The molecule has 2 atom stereocenters. The molecule has 0 spiro atoms. The summed E-state index contributed by atoms with van der Waals surface area (Å²) in [5.41, 5.74) is 10.3. The van der Waals surface area contributed by atoms with Crippen molar-refractivity contribution in [3.05, 3.63) is 223 Å². The summed E-state index contributed by atoms with van der Waals surface area (Å²) >= 11 is 0. The first-order valence-electron chi connectivity index (χ1n) is 19.8. The van der Waals surface area contributed by atoms with Gasteiger partial charge in [0.25, 0.3) is 0 Å². The van der Waals surface area contributed by atoms with Gasteiger partial charge in [0, 0.05) is 38.8 Å². The Bertz CT molecular complexity index is 3120. The first-order valence-corrected chi connectivity index (χ1v) is 19.8. The number of hydrogen-bond acceptors (Lipinski definition) is 5. The molecule has 2 heterocycles. The molecule has 276 valence electrons. The van der Waals surface area contributed by atoms with Crippen molar-refractivity contribution in [3.63, 3.8) is 0 Å². The van der Waals surface area contributed by atoms with Gasteiger partial charge in [-0.3, -0.25) is 5.32 Å². The monoisotopic (exact) mass is 746 g/mol. The Balaban J connectivity index is 1.08. The highest BCUT2D eigenvalue weighted by Gasteiger charge is 2.27. The Hall–Kier alpha value is -7.47. The van der Waals surface area contributed by atoms with Gasteiger partial charge in [0.2, 0.25) is 0 Å². The number of anilines is 3. The summed E-state index contributed by atoms with van der Waals surface area (Å²) < 4.78 is 6.89. The largest absolute Gasteiger partial charge is 0.455 e. The lowest BCUT2D eigenvalue weighted by molar-refractivity contribution is 0.409. The third-order valence-corrected chi connectivity index (χ3v) is 11.3. The van der Waals surface area contributed by atoms with Crippen LogP contribution >= 0.6 is 0 Å². The maximum Gasteiger partial charge on any atom is 0.143 e. The summed E-state index contributed by atoms with van der Waals surface area (Å²) in [7, 11) is 0. The molecule has 9 aromatic carbocycles. The number of nitrogens with one attached hydrogen (secondary N) is 2. The van der Waals surface area contributed by atoms with Gasteiger partial charge in [0.1, 0.15) is 29.3 Å². The Kier molecular flexibility index (Phi) is 8.30. The van der Waals surface area contributed by atoms with Gasteiger partial charge >= 0.3 is 0 Å². The molecule has 5 nitrogen and oxygen atoms in total. The van der Waals surface area contributed by atoms with E-state index in [0.29, 0.717) is 0 Å². The van der Waals surface area contributed by atoms with E-state index in [1.165, 1.54) is 10.8 Å². The van der Waals surface area contributed by atoms with Crippen LogP contribution in [0.2, 0.25) is 0 Å². The van der Waals surface area contributed by atoms with E-state index in [1.807, 2.05) is 12.1 Å². The minimum atomic E-state index is -0.250. The highest BCUT2D eigenvalue weighted by Crippen LogP contribution is 2.42. The van der Waals surface area contributed by atoms with Gasteiger partial charge < -0.3 is 14.6 Å². The predicted molar refractivity (Wildman–Crippen MR) is 240 cm³/mol. The van der Waals surface area contributed by atoms with Crippen LogP contribution in [0.15, 0.2) is 216 Å². The number of aliphatic imine (C=N–C) groups is 1. The molecule has 2 unspecified atom stereocenters. The van der Waals surface area contributed by atoms with E-state index in [0.717, 1.165) is 83.4 Å². The smallest absolute Gasteiger partial charge is 0.143 e. The van der Waals surface area contributed by atoms with Crippen LogP contribution in [0.5, 0.6) is 0 Å². The lowest BCUT2D eigenvalue weighted by Crippen LogP contribution is -2.44. The van der Waals surface area contributed by atoms with Crippen molar-refractivity contribution < 1.29 is 4.42 Å². The highest BCUT2D eigenvalue weighted by molar-refractivity contribution is 6.20. The quantitative estimate of drug-likeness (QED) is 0.171.